The zero-order valence-corrected chi connectivity index (χ0v) is 17.3. The first-order chi connectivity index (χ1) is 13.8. The van der Waals surface area contributed by atoms with Crippen LogP contribution in [-0.4, -0.2) is 50.6 Å². The van der Waals surface area contributed by atoms with Crippen molar-refractivity contribution in [2.45, 2.75) is 108 Å². The van der Waals surface area contributed by atoms with Crippen molar-refractivity contribution in [2.75, 3.05) is 0 Å². The minimum atomic E-state index is -1.47. The van der Waals surface area contributed by atoms with E-state index in [1.807, 2.05) is 19.3 Å². The van der Waals surface area contributed by atoms with Crippen LogP contribution in [0, 0.1) is 20.2 Å². The Morgan fingerprint density at radius 3 is 2.14 bits per heavy atom. The molecule has 9 nitrogen and oxygen atoms in total. The molecule has 0 saturated carbocycles. The second kappa shape index (κ2) is 17.0. The van der Waals surface area contributed by atoms with Crippen LogP contribution >= 0.6 is 0 Å². The van der Waals surface area contributed by atoms with Crippen molar-refractivity contribution in [3.8, 4) is 0 Å². The van der Waals surface area contributed by atoms with Crippen molar-refractivity contribution in [2.24, 2.45) is 0 Å². The molecule has 0 aliphatic heterocycles. The van der Waals surface area contributed by atoms with Gasteiger partial charge in [-0.2, -0.15) is 0 Å². The monoisotopic (exact) mass is 415 g/mol. The number of nitrogens with zero attached hydrogens (tertiary/aromatic N) is 2. The van der Waals surface area contributed by atoms with E-state index in [9.17, 15) is 35.2 Å². The molecule has 0 aromatic rings. The predicted molar refractivity (Wildman–Crippen MR) is 109 cm³/mol. The molecule has 0 spiro atoms. The summed E-state index contributed by atoms with van der Waals surface area (Å²) in [6, 6.07) is -2.72. The van der Waals surface area contributed by atoms with Crippen molar-refractivity contribution >= 4 is 6.29 Å². The van der Waals surface area contributed by atoms with Crippen molar-refractivity contribution in [1.82, 2.24) is 0 Å². The molecule has 0 bridgehead atoms. The summed E-state index contributed by atoms with van der Waals surface area (Å²) in [4.78, 5) is 31.3. The molecule has 1 radical (unpaired) electrons. The maximum absolute atomic E-state index is 11.3. The van der Waals surface area contributed by atoms with E-state index < -0.39 is 40.6 Å². The average molecular weight is 416 g/mol. The van der Waals surface area contributed by atoms with E-state index in [0.29, 0.717) is 12.8 Å². The first-order valence-corrected chi connectivity index (χ1v) is 10.5. The number of carbonyl (C=O) groups excluding carboxylic acids is 1. The number of nitro groups is 2. The second-order valence-corrected chi connectivity index (χ2v) is 7.38. The van der Waals surface area contributed by atoms with Crippen LogP contribution in [-0.2, 0) is 4.79 Å². The van der Waals surface area contributed by atoms with Crippen molar-refractivity contribution in [1.29, 1.82) is 0 Å². The fourth-order valence-corrected chi connectivity index (χ4v) is 3.15. The van der Waals surface area contributed by atoms with Crippen LogP contribution in [0.15, 0.2) is 12.2 Å². The van der Waals surface area contributed by atoms with E-state index >= 15 is 0 Å². The van der Waals surface area contributed by atoms with Crippen molar-refractivity contribution < 1.29 is 24.9 Å². The molecule has 9 heteroatoms. The average Bonchev–Trinajstić information content (AvgIpc) is 2.67. The standard InChI is InChI=1S/C20H35N2O7/c1-2-3-10-13-17(21(26)27)20(25)16-18(22(28)29)19(24)14-11-8-6-4-5-7-9-12-15-23/h8,11,17-20,24-25H,2-7,9-10,12-14,16H2,1H3/b11-8-. The van der Waals surface area contributed by atoms with Gasteiger partial charge in [0, 0.05) is 22.7 Å². The molecule has 0 fully saturated rings. The van der Waals surface area contributed by atoms with Gasteiger partial charge in [0.2, 0.25) is 12.1 Å². The van der Waals surface area contributed by atoms with E-state index in [4.69, 9.17) is 0 Å². The fraction of sp³-hybridized carbons (Fsp3) is 0.850. The van der Waals surface area contributed by atoms with Gasteiger partial charge in [-0.3, -0.25) is 25.0 Å². The molecule has 4 unspecified atom stereocenters. The topological polar surface area (TPSA) is 144 Å². The molecule has 0 aliphatic carbocycles. The van der Waals surface area contributed by atoms with Gasteiger partial charge in [-0.1, -0.05) is 44.8 Å². The van der Waals surface area contributed by atoms with E-state index in [1.165, 1.54) is 0 Å². The molecule has 0 saturated heterocycles. The van der Waals surface area contributed by atoms with Crippen molar-refractivity contribution in [3.63, 3.8) is 0 Å². The van der Waals surface area contributed by atoms with Gasteiger partial charge in [-0.15, -0.1) is 0 Å². The molecule has 29 heavy (non-hydrogen) atoms. The highest BCUT2D eigenvalue weighted by molar-refractivity contribution is 5.50. The summed E-state index contributed by atoms with van der Waals surface area (Å²) in [6.07, 6.45) is 9.44. The zero-order valence-electron chi connectivity index (χ0n) is 17.3. The van der Waals surface area contributed by atoms with Crippen LogP contribution in [0.5, 0.6) is 0 Å². The van der Waals surface area contributed by atoms with Crippen LogP contribution in [0.4, 0.5) is 0 Å². The summed E-state index contributed by atoms with van der Waals surface area (Å²) in [5, 5.41) is 42.8. The summed E-state index contributed by atoms with van der Waals surface area (Å²) in [5.74, 6) is 0. The number of unbranched alkanes of at least 4 members (excludes halogenated alkanes) is 7. The van der Waals surface area contributed by atoms with Gasteiger partial charge < -0.3 is 10.2 Å². The highest BCUT2D eigenvalue weighted by Crippen LogP contribution is 2.18. The Morgan fingerprint density at radius 2 is 1.55 bits per heavy atom. The van der Waals surface area contributed by atoms with Gasteiger partial charge in [0.05, 0.1) is 6.42 Å². The number of aliphatic hydroxyl groups excluding tert-OH is 2. The van der Waals surface area contributed by atoms with Crippen molar-refractivity contribution in [3.05, 3.63) is 32.4 Å². The van der Waals surface area contributed by atoms with E-state index in [1.54, 1.807) is 6.08 Å². The molecular formula is C20H35N2O7. The van der Waals surface area contributed by atoms with E-state index in [2.05, 4.69) is 0 Å². The summed E-state index contributed by atoms with van der Waals surface area (Å²) in [5.41, 5.74) is 0. The summed E-state index contributed by atoms with van der Waals surface area (Å²) < 4.78 is 0. The lowest BCUT2D eigenvalue weighted by Crippen LogP contribution is -2.42. The zero-order chi connectivity index (χ0) is 22.1. The molecule has 0 aromatic heterocycles. The minimum absolute atomic E-state index is 0.0530. The van der Waals surface area contributed by atoms with Gasteiger partial charge in [-0.25, -0.2) is 0 Å². The Labute approximate surface area is 172 Å². The number of hydrogen-bond donors (Lipinski definition) is 2. The molecule has 0 amide bonds. The van der Waals surface area contributed by atoms with Crippen LogP contribution < -0.4 is 0 Å². The van der Waals surface area contributed by atoms with Crippen LogP contribution in [0.3, 0.4) is 0 Å². The Bertz CT molecular complexity index is 499. The Balaban J connectivity index is 4.48. The van der Waals surface area contributed by atoms with Gasteiger partial charge >= 0.3 is 0 Å². The molecule has 167 valence electrons. The number of rotatable bonds is 19. The number of aliphatic hydroxyl groups is 2. The Kier molecular flexibility index (Phi) is 15.9. The lowest BCUT2D eigenvalue weighted by atomic mass is 9.95. The largest absolute Gasteiger partial charge is 0.386 e. The first kappa shape index (κ1) is 27.1. The van der Waals surface area contributed by atoms with Gasteiger partial charge in [0.1, 0.15) is 12.2 Å². The third-order valence-electron chi connectivity index (χ3n) is 4.96. The highest BCUT2D eigenvalue weighted by atomic mass is 16.6. The molecular weight excluding hydrogens is 380 g/mol. The third-order valence-corrected chi connectivity index (χ3v) is 4.96. The van der Waals surface area contributed by atoms with E-state index in [-0.39, 0.29) is 12.8 Å². The normalized spacial score (nSPS) is 15.7. The quantitative estimate of drug-likeness (QED) is 0.142. The SMILES string of the molecule is CCCCCC(C(O)CC(C(O)C/C=C\CCCCCC[C]=O)[N+](=O)[O-])[N+](=O)[O-]. The number of allylic oxidation sites excluding steroid dienone is 1. The van der Waals surface area contributed by atoms with Crippen LogP contribution in [0.1, 0.15) is 84.0 Å². The molecule has 0 aliphatic rings. The maximum atomic E-state index is 11.3. The first-order valence-electron chi connectivity index (χ1n) is 10.5. The Hall–Kier alpha value is -1.87. The fourth-order valence-electron chi connectivity index (χ4n) is 3.15. The van der Waals surface area contributed by atoms with Gasteiger partial charge in [0.15, 0.2) is 6.29 Å². The second-order valence-electron chi connectivity index (χ2n) is 7.38. The summed E-state index contributed by atoms with van der Waals surface area (Å²) in [6.45, 7) is 1.96. The molecule has 4 atom stereocenters. The lowest BCUT2D eigenvalue weighted by Gasteiger charge is -2.20. The summed E-state index contributed by atoms with van der Waals surface area (Å²) in [7, 11) is 0. The molecule has 0 aromatic carbocycles. The minimum Gasteiger partial charge on any atom is -0.386 e. The lowest BCUT2D eigenvalue weighted by molar-refractivity contribution is -0.554. The van der Waals surface area contributed by atoms with Crippen LogP contribution in [0.25, 0.3) is 0 Å². The van der Waals surface area contributed by atoms with Crippen LogP contribution in [0.2, 0.25) is 0 Å². The maximum Gasteiger partial charge on any atom is 0.241 e. The smallest absolute Gasteiger partial charge is 0.241 e. The van der Waals surface area contributed by atoms with Gasteiger partial charge in [-0.05, 0) is 32.1 Å². The molecule has 0 heterocycles. The summed E-state index contributed by atoms with van der Waals surface area (Å²) >= 11 is 0. The molecule has 2 N–H and O–H groups in total. The predicted octanol–water partition coefficient (Wildman–Crippen LogP) is 3.37. The third kappa shape index (κ3) is 13.1. The Morgan fingerprint density at radius 1 is 0.897 bits per heavy atom. The number of hydrogen-bond acceptors (Lipinski definition) is 7. The highest BCUT2D eigenvalue weighted by Gasteiger charge is 2.38. The van der Waals surface area contributed by atoms with Gasteiger partial charge in [0.25, 0.3) is 0 Å². The van der Waals surface area contributed by atoms with E-state index in [0.717, 1.165) is 44.9 Å². The molecule has 0 rings (SSSR count).